The van der Waals surface area contributed by atoms with E-state index in [1.807, 2.05) is 30.3 Å². The molecule has 0 fully saturated rings. The molecule has 0 heterocycles. The third-order valence-electron chi connectivity index (χ3n) is 7.65. The van der Waals surface area contributed by atoms with Crippen LogP contribution in [-0.2, 0) is 9.59 Å². The van der Waals surface area contributed by atoms with E-state index in [2.05, 4.69) is 16.0 Å². The molecule has 0 radical (unpaired) electrons. The van der Waals surface area contributed by atoms with E-state index in [0.29, 0.717) is 50.5 Å². The van der Waals surface area contributed by atoms with E-state index in [9.17, 15) is 14.4 Å². The van der Waals surface area contributed by atoms with Gasteiger partial charge in [0.15, 0.2) is 11.5 Å². The van der Waals surface area contributed by atoms with Crippen LogP contribution in [0.25, 0.3) is 6.08 Å². The number of rotatable bonds is 14. The fourth-order valence-electron chi connectivity index (χ4n) is 5.12. The fraction of sp³-hybridized carbons (Fsp3) is 0.125. The minimum absolute atomic E-state index is 0.0289. The van der Waals surface area contributed by atoms with Gasteiger partial charge in [0.25, 0.3) is 11.8 Å². The number of amides is 3. The Kier molecular flexibility index (Phi) is 12.8. The molecule has 266 valence electrons. The second-order valence-electron chi connectivity index (χ2n) is 11.1. The van der Waals surface area contributed by atoms with Crippen LogP contribution in [0.15, 0.2) is 126 Å². The first-order valence-corrected chi connectivity index (χ1v) is 17.1. The highest BCUT2D eigenvalue weighted by Gasteiger charge is 2.24. The van der Waals surface area contributed by atoms with Crippen molar-refractivity contribution in [3.8, 4) is 23.0 Å². The second-order valence-corrected chi connectivity index (χ2v) is 12.7. The quantitative estimate of drug-likeness (QED) is 0.0769. The molecule has 3 N–H and O–H groups in total. The Balaban J connectivity index is 1.39. The van der Waals surface area contributed by atoms with E-state index in [-0.39, 0.29) is 11.6 Å². The summed E-state index contributed by atoms with van der Waals surface area (Å²) in [5.41, 5.74) is 2.56. The molecule has 0 aromatic heterocycles. The maximum absolute atomic E-state index is 13.7. The summed E-state index contributed by atoms with van der Waals surface area (Å²) in [6, 6.07) is 33.3. The van der Waals surface area contributed by atoms with Gasteiger partial charge >= 0.3 is 0 Å². The summed E-state index contributed by atoms with van der Waals surface area (Å²) < 4.78 is 21.8. The van der Waals surface area contributed by atoms with Crippen LogP contribution in [-0.4, -0.2) is 46.2 Å². The van der Waals surface area contributed by atoms with Crippen LogP contribution in [0.5, 0.6) is 23.0 Å². The van der Waals surface area contributed by atoms with Gasteiger partial charge in [-0.3, -0.25) is 14.4 Å². The largest absolute Gasteiger partial charge is 0.495 e. The fourth-order valence-corrected chi connectivity index (χ4v) is 6.32. The number of methoxy groups -OCH3 is 4. The molecule has 0 aliphatic rings. The van der Waals surface area contributed by atoms with Crippen LogP contribution >= 0.6 is 23.4 Å². The highest BCUT2D eigenvalue weighted by Crippen LogP contribution is 2.40. The van der Waals surface area contributed by atoms with Crippen LogP contribution in [0.1, 0.15) is 26.7 Å². The number of halogens is 1. The number of carbonyl (C=O) groups is 3. The lowest BCUT2D eigenvalue weighted by atomic mass is 10.1. The summed E-state index contributed by atoms with van der Waals surface area (Å²) in [5, 5.41) is 8.37. The van der Waals surface area contributed by atoms with Gasteiger partial charge in [-0.2, -0.15) is 0 Å². The van der Waals surface area contributed by atoms with Gasteiger partial charge in [0.05, 0.1) is 34.1 Å². The highest BCUT2D eigenvalue weighted by molar-refractivity contribution is 8.00. The normalized spacial score (nSPS) is 11.5. The number of carbonyl (C=O) groups excluding carboxylic acids is 3. The van der Waals surface area contributed by atoms with Crippen LogP contribution in [0.2, 0.25) is 5.02 Å². The predicted octanol–water partition coefficient (Wildman–Crippen LogP) is 8.26. The Bertz CT molecular complexity index is 2030. The van der Waals surface area contributed by atoms with Crippen molar-refractivity contribution in [1.29, 1.82) is 0 Å². The van der Waals surface area contributed by atoms with Crippen molar-refractivity contribution < 1.29 is 33.3 Å². The zero-order chi connectivity index (χ0) is 37.0. The van der Waals surface area contributed by atoms with Crippen molar-refractivity contribution in [2.75, 3.05) is 39.1 Å². The Morgan fingerprint density at radius 1 is 0.692 bits per heavy atom. The van der Waals surface area contributed by atoms with Gasteiger partial charge in [-0.1, -0.05) is 60.1 Å². The zero-order valence-corrected chi connectivity index (χ0v) is 30.3. The molecule has 3 amide bonds. The van der Waals surface area contributed by atoms with Crippen molar-refractivity contribution in [2.24, 2.45) is 0 Å². The molecular formula is C40H36ClN3O7S. The Morgan fingerprint density at radius 3 is 1.90 bits per heavy atom. The Morgan fingerprint density at radius 2 is 1.31 bits per heavy atom. The molecule has 5 rings (SSSR count). The van der Waals surface area contributed by atoms with Gasteiger partial charge in [-0.25, -0.2) is 0 Å². The zero-order valence-electron chi connectivity index (χ0n) is 28.8. The molecule has 0 spiro atoms. The van der Waals surface area contributed by atoms with E-state index in [4.69, 9.17) is 30.5 Å². The number of thioether (sulfide) groups is 1. The third kappa shape index (κ3) is 9.45. The Hall–Kier alpha value is -5.91. The van der Waals surface area contributed by atoms with Crippen molar-refractivity contribution in [3.63, 3.8) is 0 Å². The molecule has 0 aliphatic carbocycles. The van der Waals surface area contributed by atoms with Crippen molar-refractivity contribution in [3.05, 3.63) is 143 Å². The number of benzene rings is 5. The molecule has 1 atom stereocenters. The van der Waals surface area contributed by atoms with Gasteiger partial charge in [-0.05, 0) is 83.9 Å². The van der Waals surface area contributed by atoms with Crippen LogP contribution in [0.3, 0.4) is 0 Å². The first kappa shape index (κ1) is 37.3. The van der Waals surface area contributed by atoms with Crippen LogP contribution in [0.4, 0.5) is 11.4 Å². The molecule has 52 heavy (non-hydrogen) atoms. The lowest BCUT2D eigenvalue weighted by molar-refractivity contribution is -0.116. The van der Waals surface area contributed by atoms with E-state index >= 15 is 0 Å². The maximum Gasteiger partial charge on any atom is 0.272 e. The lowest BCUT2D eigenvalue weighted by Gasteiger charge is -2.19. The number of ether oxygens (including phenoxy) is 4. The molecule has 10 nitrogen and oxygen atoms in total. The Labute approximate surface area is 311 Å². The van der Waals surface area contributed by atoms with Crippen LogP contribution in [0, 0.1) is 0 Å². The first-order chi connectivity index (χ1) is 25.2. The number of anilines is 2. The van der Waals surface area contributed by atoms with Crippen molar-refractivity contribution in [2.45, 2.75) is 10.1 Å². The highest BCUT2D eigenvalue weighted by atomic mass is 35.5. The van der Waals surface area contributed by atoms with Gasteiger partial charge in [0.1, 0.15) is 16.7 Å². The summed E-state index contributed by atoms with van der Waals surface area (Å²) in [6.07, 6.45) is 1.52. The smallest absolute Gasteiger partial charge is 0.272 e. The van der Waals surface area contributed by atoms with E-state index in [0.717, 1.165) is 10.5 Å². The molecule has 0 aliphatic heterocycles. The predicted molar refractivity (Wildman–Crippen MR) is 205 cm³/mol. The van der Waals surface area contributed by atoms with Gasteiger partial charge in [0.2, 0.25) is 11.7 Å². The van der Waals surface area contributed by atoms with Crippen molar-refractivity contribution >= 4 is 58.5 Å². The van der Waals surface area contributed by atoms with E-state index in [1.54, 1.807) is 84.9 Å². The summed E-state index contributed by atoms with van der Waals surface area (Å²) in [7, 11) is 5.99. The van der Waals surface area contributed by atoms with Gasteiger partial charge < -0.3 is 34.9 Å². The summed E-state index contributed by atoms with van der Waals surface area (Å²) in [5.74, 6) is 0.306. The minimum Gasteiger partial charge on any atom is -0.495 e. The second kappa shape index (κ2) is 17.8. The molecule has 5 aromatic rings. The summed E-state index contributed by atoms with van der Waals surface area (Å²) >= 11 is 7.54. The molecule has 0 saturated heterocycles. The van der Waals surface area contributed by atoms with Crippen molar-refractivity contribution in [1.82, 2.24) is 5.32 Å². The molecule has 1 unspecified atom stereocenters. The molecule has 12 heteroatoms. The van der Waals surface area contributed by atoms with E-state index < -0.39 is 17.1 Å². The topological polar surface area (TPSA) is 124 Å². The molecular weight excluding hydrogens is 702 g/mol. The number of hydrogen-bond donors (Lipinski definition) is 3. The molecule has 0 saturated carbocycles. The lowest BCUT2D eigenvalue weighted by Crippen LogP contribution is -2.30. The summed E-state index contributed by atoms with van der Waals surface area (Å²) in [4.78, 5) is 41.4. The van der Waals surface area contributed by atoms with Crippen LogP contribution < -0.4 is 34.9 Å². The third-order valence-corrected chi connectivity index (χ3v) is 9.15. The molecule has 5 aromatic carbocycles. The SMILES string of the molecule is COc1ccc(Cl)cc1NC(=O)C(Sc1ccc(NC(=O)/C(=C/c2cc(OC)c(OC)c(OC)c2)NC(=O)c2ccccc2)cc1)c1ccccc1. The number of nitrogens with one attached hydrogen (secondary N) is 3. The summed E-state index contributed by atoms with van der Waals surface area (Å²) in [6.45, 7) is 0. The maximum atomic E-state index is 13.7. The average molecular weight is 738 g/mol. The van der Waals surface area contributed by atoms with Gasteiger partial charge in [-0.15, -0.1) is 11.8 Å². The van der Waals surface area contributed by atoms with Gasteiger partial charge in [0, 0.05) is 21.2 Å². The standard InChI is InChI=1S/C40H36ClN3O7S/c1-48-33-20-15-28(41)24-31(33)43-40(47)37(26-11-7-5-8-12-26)52-30-18-16-29(17-19-30)42-39(46)32(44-38(45)27-13-9-6-10-14-27)21-25-22-34(49-2)36(51-4)35(23-25)50-3/h5-24,37H,1-4H3,(H,42,46)(H,43,47)(H,44,45)/b32-21-. The minimum atomic E-state index is -0.633. The first-order valence-electron chi connectivity index (χ1n) is 15.9. The van der Waals surface area contributed by atoms with E-state index in [1.165, 1.54) is 46.3 Å². The molecule has 0 bridgehead atoms. The number of hydrogen-bond acceptors (Lipinski definition) is 8. The average Bonchev–Trinajstić information content (AvgIpc) is 3.17. The monoisotopic (exact) mass is 737 g/mol.